The largest absolute Gasteiger partial charge is 0.486 e. The molecule has 2 aromatic rings. The molecule has 26 heavy (non-hydrogen) atoms. The summed E-state index contributed by atoms with van der Waals surface area (Å²) in [5.41, 5.74) is 8.20. The number of benzene rings is 2. The van der Waals surface area contributed by atoms with Gasteiger partial charge in [0.05, 0.1) is 6.42 Å². The van der Waals surface area contributed by atoms with Crippen LogP contribution in [0.1, 0.15) is 17.0 Å². The fourth-order valence-electron chi connectivity index (χ4n) is 3.88. The van der Waals surface area contributed by atoms with Crippen LogP contribution in [0.15, 0.2) is 48.5 Å². The molecular formula is C21H24N2O3. The van der Waals surface area contributed by atoms with Crippen LogP contribution in [0.4, 0.5) is 0 Å². The van der Waals surface area contributed by atoms with E-state index in [1.54, 1.807) is 0 Å². The number of amides is 1. The maximum absolute atomic E-state index is 12.8. The Morgan fingerprint density at radius 2 is 1.81 bits per heavy atom. The van der Waals surface area contributed by atoms with Crippen molar-refractivity contribution in [2.75, 3.05) is 32.8 Å². The number of ether oxygens (including phenoxy) is 2. The van der Waals surface area contributed by atoms with Crippen LogP contribution in [-0.4, -0.2) is 43.7 Å². The Labute approximate surface area is 153 Å². The zero-order valence-electron chi connectivity index (χ0n) is 14.8. The average Bonchev–Trinajstić information content (AvgIpc) is 3.13. The summed E-state index contributed by atoms with van der Waals surface area (Å²) in [6.45, 7) is 3.16. The van der Waals surface area contributed by atoms with E-state index in [0.29, 0.717) is 38.0 Å². The molecule has 136 valence electrons. The van der Waals surface area contributed by atoms with E-state index in [1.165, 1.54) is 5.56 Å². The van der Waals surface area contributed by atoms with Gasteiger partial charge in [-0.25, -0.2) is 0 Å². The van der Waals surface area contributed by atoms with Crippen molar-refractivity contribution in [3.63, 3.8) is 0 Å². The number of fused-ring (bicyclic) bond motifs is 1. The summed E-state index contributed by atoms with van der Waals surface area (Å²) in [5.74, 6) is 2.23. The topological polar surface area (TPSA) is 64.8 Å². The minimum atomic E-state index is 0.138. The zero-order valence-corrected chi connectivity index (χ0v) is 14.8. The number of likely N-dealkylation sites (tertiary alicyclic amines) is 1. The van der Waals surface area contributed by atoms with Gasteiger partial charge in [0.15, 0.2) is 11.5 Å². The number of rotatable bonds is 4. The first kappa shape index (κ1) is 16.9. The maximum Gasteiger partial charge on any atom is 0.227 e. The van der Waals surface area contributed by atoms with Crippen LogP contribution in [0.25, 0.3) is 0 Å². The molecule has 0 aromatic heterocycles. The minimum Gasteiger partial charge on any atom is -0.486 e. The smallest absolute Gasteiger partial charge is 0.227 e. The molecule has 4 rings (SSSR count). The lowest BCUT2D eigenvalue weighted by Gasteiger charge is -2.20. The Bertz CT molecular complexity index is 778. The van der Waals surface area contributed by atoms with Gasteiger partial charge < -0.3 is 20.1 Å². The van der Waals surface area contributed by atoms with Crippen LogP contribution >= 0.6 is 0 Å². The molecule has 0 aliphatic carbocycles. The highest BCUT2D eigenvalue weighted by atomic mass is 16.6. The Hall–Kier alpha value is -2.53. The van der Waals surface area contributed by atoms with Gasteiger partial charge in [0.2, 0.25) is 5.91 Å². The third-order valence-electron chi connectivity index (χ3n) is 5.29. The standard InChI is InChI=1S/C21H24N2O3/c22-12-17-13-23(14-18(17)16-4-2-1-3-5-16)21(24)11-15-6-7-19-20(10-15)26-9-8-25-19/h1-7,10,17-18H,8-9,11-14,22H2/t17-,18+/m1/s1. The van der Waals surface area contributed by atoms with E-state index in [2.05, 4.69) is 12.1 Å². The summed E-state index contributed by atoms with van der Waals surface area (Å²) in [6.07, 6.45) is 0.370. The van der Waals surface area contributed by atoms with Crippen LogP contribution in [0.3, 0.4) is 0 Å². The number of carbonyl (C=O) groups excluding carboxylic acids is 1. The molecule has 5 heteroatoms. The molecule has 2 aliphatic rings. The molecule has 2 N–H and O–H groups in total. The second-order valence-electron chi connectivity index (χ2n) is 6.97. The van der Waals surface area contributed by atoms with Gasteiger partial charge in [-0.2, -0.15) is 0 Å². The van der Waals surface area contributed by atoms with Crippen molar-refractivity contribution < 1.29 is 14.3 Å². The molecule has 0 saturated carbocycles. The predicted molar refractivity (Wildman–Crippen MR) is 99.4 cm³/mol. The molecule has 0 unspecified atom stereocenters. The van der Waals surface area contributed by atoms with Gasteiger partial charge in [-0.3, -0.25) is 4.79 Å². The van der Waals surface area contributed by atoms with E-state index < -0.39 is 0 Å². The van der Waals surface area contributed by atoms with Gasteiger partial charge >= 0.3 is 0 Å². The Kier molecular flexibility index (Phi) is 4.80. The van der Waals surface area contributed by atoms with Gasteiger partial charge in [-0.1, -0.05) is 36.4 Å². The second kappa shape index (κ2) is 7.38. The maximum atomic E-state index is 12.8. The van der Waals surface area contributed by atoms with Gasteiger partial charge in [0.25, 0.3) is 0 Å². The van der Waals surface area contributed by atoms with Crippen LogP contribution in [-0.2, 0) is 11.2 Å². The first-order valence-electron chi connectivity index (χ1n) is 9.16. The molecule has 2 atom stereocenters. The van der Waals surface area contributed by atoms with E-state index in [9.17, 15) is 4.79 Å². The number of nitrogens with zero attached hydrogens (tertiary/aromatic N) is 1. The molecule has 2 heterocycles. The van der Waals surface area contributed by atoms with E-state index in [1.807, 2.05) is 41.3 Å². The second-order valence-corrected chi connectivity index (χ2v) is 6.97. The van der Waals surface area contributed by atoms with Crippen molar-refractivity contribution >= 4 is 5.91 Å². The molecule has 0 spiro atoms. The lowest BCUT2D eigenvalue weighted by atomic mass is 9.89. The van der Waals surface area contributed by atoms with Crippen LogP contribution in [0, 0.1) is 5.92 Å². The molecule has 1 saturated heterocycles. The molecule has 1 amide bonds. The summed E-state index contributed by atoms with van der Waals surface area (Å²) < 4.78 is 11.2. The fraction of sp³-hybridized carbons (Fsp3) is 0.381. The van der Waals surface area contributed by atoms with Gasteiger partial charge in [0.1, 0.15) is 13.2 Å². The van der Waals surface area contributed by atoms with E-state index in [-0.39, 0.29) is 5.91 Å². The summed E-state index contributed by atoms with van der Waals surface area (Å²) in [4.78, 5) is 14.8. The first-order chi connectivity index (χ1) is 12.7. The summed E-state index contributed by atoms with van der Waals surface area (Å²) in [7, 11) is 0. The molecule has 0 radical (unpaired) electrons. The minimum absolute atomic E-state index is 0.138. The van der Waals surface area contributed by atoms with Crippen LogP contribution < -0.4 is 15.2 Å². The molecular weight excluding hydrogens is 328 g/mol. The highest BCUT2D eigenvalue weighted by Crippen LogP contribution is 2.33. The highest BCUT2D eigenvalue weighted by Gasteiger charge is 2.35. The lowest BCUT2D eigenvalue weighted by molar-refractivity contribution is -0.129. The molecule has 2 aliphatic heterocycles. The van der Waals surface area contributed by atoms with Crippen molar-refractivity contribution in [1.29, 1.82) is 0 Å². The molecule has 5 nitrogen and oxygen atoms in total. The third-order valence-corrected chi connectivity index (χ3v) is 5.29. The van der Waals surface area contributed by atoms with E-state index >= 15 is 0 Å². The van der Waals surface area contributed by atoms with Crippen molar-refractivity contribution in [1.82, 2.24) is 4.90 Å². The Morgan fingerprint density at radius 1 is 1.04 bits per heavy atom. The quantitative estimate of drug-likeness (QED) is 0.916. The zero-order chi connectivity index (χ0) is 17.9. The van der Waals surface area contributed by atoms with Crippen molar-refractivity contribution in [3.8, 4) is 11.5 Å². The van der Waals surface area contributed by atoms with Crippen LogP contribution in [0.2, 0.25) is 0 Å². The summed E-state index contributed by atoms with van der Waals surface area (Å²) in [5, 5.41) is 0. The van der Waals surface area contributed by atoms with Gasteiger partial charge in [0, 0.05) is 19.0 Å². The van der Waals surface area contributed by atoms with Gasteiger partial charge in [-0.05, 0) is 35.7 Å². The first-order valence-corrected chi connectivity index (χ1v) is 9.16. The predicted octanol–water partition coefficient (Wildman–Crippen LogP) is 2.20. The fourth-order valence-corrected chi connectivity index (χ4v) is 3.88. The number of hydrogen-bond donors (Lipinski definition) is 1. The van der Waals surface area contributed by atoms with Gasteiger partial charge in [-0.15, -0.1) is 0 Å². The highest BCUT2D eigenvalue weighted by molar-refractivity contribution is 5.79. The normalized spacial score (nSPS) is 21.7. The van der Waals surface area contributed by atoms with E-state index in [4.69, 9.17) is 15.2 Å². The summed E-state index contributed by atoms with van der Waals surface area (Å²) in [6, 6.07) is 16.1. The molecule has 0 bridgehead atoms. The molecule has 2 aromatic carbocycles. The van der Waals surface area contributed by atoms with Crippen LogP contribution in [0.5, 0.6) is 11.5 Å². The monoisotopic (exact) mass is 352 g/mol. The average molecular weight is 352 g/mol. The Balaban J connectivity index is 1.45. The number of carbonyl (C=O) groups is 1. The number of nitrogens with two attached hydrogens (primary N) is 1. The summed E-state index contributed by atoms with van der Waals surface area (Å²) >= 11 is 0. The lowest BCUT2D eigenvalue weighted by Crippen LogP contribution is -2.31. The SMILES string of the molecule is NC[C@@H]1CN(C(=O)Cc2ccc3c(c2)OCCO3)C[C@H]1c1ccccc1. The van der Waals surface area contributed by atoms with E-state index in [0.717, 1.165) is 30.2 Å². The van der Waals surface area contributed by atoms with Crippen molar-refractivity contribution in [2.45, 2.75) is 12.3 Å². The van der Waals surface area contributed by atoms with Crippen molar-refractivity contribution in [3.05, 3.63) is 59.7 Å². The molecule has 1 fully saturated rings. The Morgan fingerprint density at radius 3 is 2.58 bits per heavy atom. The number of hydrogen-bond acceptors (Lipinski definition) is 4. The third kappa shape index (κ3) is 3.40. The van der Waals surface area contributed by atoms with Crippen molar-refractivity contribution in [2.24, 2.45) is 11.7 Å².